The summed E-state index contributed by atoms with van der Waals surface area (Å²) in [4.78, 5) is 35.8. The highest BCUT2D eigenvalue weighted by molar-refractivity contribution is 6.04. The molecule has 12 heteroatoms. The molecule has 0 spiro atoms. The molecule has 0 bridgehead atoms. The number of rotatable bonds is 8. The first kappa shape index (κ1) is 26.8. The van der Waals surface area contributed by atoms with E-state index in [1.807, 2.05) is 20.8 Å². The van der Waals surface area contributed by atoms with Crippen LogP contribution in [0.25, 0.3) is 5.65 Å². The lowest BCUT2D eigenvalue weighted by atomic mass is 9.98. The number of primary amides is 1. The third-order valence-corrected chi connectivity index (χ3v) is 6.13. The number of anilines is 3. The number of piperidine rings is 1. The van der Waals surface area contributed by atoms with Gasteiger partial charge in [0.2, 0.25) is 5.95 Å². The van der Waals surface area contributed by atoms with Crippen molar-refractivity contribution >= 4 is 35.1 Å². The Kier molecular flexibility index (Phi) is 7.79. The molecule has 3 heterocycles. The minimum atomic E-state index is -0.669. The summed E-state index contributed by atoms with van der Waals surface area (Å²) in [5.41, 5.74) is 6.31. The highest BCUT2D eigenvalue weighted by Crippen LogP contribution is 2.30. The molecule has 1 fully saturated rings. The van der Waals surface area contributed by atoms with E-state index in [4.69, 9.17) is 24.9 Å². The van der Waals surface area contributed by atoms with Gasteiger partial charge in [-0.3, -0.25) is 9.20 Å². The van der Waals surface area contributed by atoms with E-state index in [9.17, 15) is 9.59 Å². The van der Waals surface area contributed by atoms with Crippen LogP contribution in [0.4, 0.5) is 22.2 Å². The van der Waals surface area contributed by atoms with Gasteiger partial charge in [-0.2, -0.15) is 4.98 Å². The number of carbonyl (C=O) groups is 2. The van der Waals surface area contributed by atoms with E-state index in [1.165, 1.54) is 0 Å². The molecule has 1 unspecified atom stereocenters. The minimum Gasteiger partial charge on any atom is -0.497 e. The molecule has 1 atom stereocenters. The second kappa shape index (κ2) is 11.0. The molecule has 4 rings (SSSR count). The molecule has 1 aliphatic heterocycles. The quantitative estimate of drug-likeness (QED) is 0.401. The third-order valence-electron chi connectivity index (χ3n) is 6.13. The number of likely N-dealkylation sites (tertiary alicyclic amines) is 1. The van der Waals surface area contributed by atoms with E-state index in [1.54, 1.807) is 54.1 Å². The van der Waals surface area contributed by atoms with Gasteiger partial charge in [0, 0.05) is 55.9 Å². The molecular formula is C26H35N7O5. The summed E-state index contributed by atoms with van der Waals surface area (Å²) in [6.07, 6.45) is 4.82. The number of nitrogens with one attached hydrogen (secondary N) is 2. The van der Waals surface area contributed by atoms with E-state index >= 15 is 0 Å². The summed E-state index contributed by atoms with van der Waals surface area (Å²) < 4.78 is 17.9. The van der Waals surface area contributed by atoms with Crippen LogP contribution in [0, 0.1) is 5.92 Å². The summed E-state index contributed by atoms with van der Waals surface area (Å²) >= 11 is 0. The van der Waals surface area contributed by atoms with Crippen LogP contribution in [-0.4, -0.2) is 70.7 Å². The Morgan fingerprint density at radius 2 is 1.87 bits per heavy atom. The molecule has 38 heavy (non-hydrogen) atoms. The average molecular weight is 526 g/mol. The number of fused-ring (bicyclic) bond motifs is 1. The fourth-order valence-electron chi connectivity index (χ4n) is 4.40. The first-order chi connectivity index (χ1) is 18.1. The molecule has 0 aliphatic carbocycles. The maximum atomic E-state index is 12.6. The predicted molar refractivity (Wildman–Crippen MR) is 143 cm³/mol. The second-order valence-corrected chi connectivity index (χ2v) is 10.2. The molecule has 4 N–H and O–H groups in total. The summed E-state index contributed by atoms with van der Waals surface area (Å²) in [5.74, 6) is 1.38. The number of imidazole rings is 1. The van der Waals surface area contributed by atoms with Gasteiger partial charge in [-0.1, -0.05) is 0 Å². The lowest BCUT2D eigenvalue weighted by Gasteiger charge is -2.34. The number of nitrogens with two attached hydrogens (primary N) is 1. The number of aromatic nitrogens is 3. The SMILES string of the molecule is COc1cc(Nc2nc(NCC3CCCN(C(=O)OC(C)(C)C)C3)n3ccnc3c2C(N)=O)cc(OC)c1. The topological polar surface area (TPSA) is 145 Å². The number of hydrogen-bond acceptors (Lipinski definition) is 9. The first-order valence-corrected chi connectivity index (χ1v) is 12.5. The van der Waals surface area contributed by atoms with Crippen molar-refractivity contribution in [2.75, 3.05) is 44.5 Å². The standard InChI is InChI=1S/C26H35N7O5/c1-26(2,3)38-25(35)32-9-6-7-16(15-32)14-29-24-31-22(20(21(27)34)23-28-8-10-33(23)24)30-17-11-18(36-4)13-19(12-17)37-5/h8,10-13,16,30H,6-7,9,14-15H2,1-5H3,(H2,27,34)(H,29,31). The van der Waals surface area contributed by atoms with Crippen molar-refractivity contribution in [3.8, 4) is 11.5 Å². The van der Waals surface area contributed by atoms with Crippen LogP contribution >= 0.6 is 0 Å². The molecular weight excluding hydrogens is 490 g/mol. The van der Waals surface area contributed by atoms with Gasteiger partial charge in [-0.25, -0.2) is 9.78 Å². The summed E-state index contributed by atoms with van der Waals surface area (Å²) in [6.45, 7) is 7.38. The third kappa shape index (κ3) is 6.18. The van der Waals surface area contributed by atoms with E-state index in [0.29, 0.717) is 48.4 Å². The number of carbonyl (C=O) groups excluding carboxylic acids is 2. The van der Waals surface area contributed by atoms with Crippen molar-refractivity contribution in [3.05, 3.63) is 36.2 Å². The molecule has 0 saturated carbocycles. The molecule has 1 aliphatic rings. The van der Waals surface area contributed by atoms with Crippen LogP contribution < -0.4 is 25.8 Å². The number of methoxy groups -OCH3 is 2. The Hall–Kier alpha value is -4.22. The summed E-state index contributed by atoms with van der Waals surface area (Å²) in [5, 5.41) is 6.55. The van der Waals surface area contributed by atoms with E-state index in [-0.39, 0.29) is 23.4 Å². The first-order valence-electron chi connectivity index (χ1n) is 12.5. The Labute approximate surface area is 221 Å². The molecule has 204 valence electrons. The fourth-order valence-corrected chi connectivity index (χ4v) is 4.40. The maximum Gasteiger partial charge on any atom is 0.410 e. The Balaban J connectivity index is 1.59. The van der Waals surface area contributed by atoms with Crippen LogP contribution in [-0.2, 0) is 4.74 Å². The van der Waals surface area contributed by atoms with Crippen LogP contribution in [0.2, 0.25) is 0 Å². The van der Waals surface area contributed by atoms with Gasteiger partial charge in [0.15, 0.2) is 11.5 Å². The molecule has 2 aromatic heterocycles. The number of ether oxygens (including phenoxy) is 3. The molecule has 1 aromatic carbocycles. The lowest BCUT2D eigenvalue weighted by Crippen LogP contribution is -2.44. The second-order valence-electron chi connectivity index (χ2n) is 10.2. The molecule has 0 radical (unpaired) electrons. The normalized spacial score (nSPS) is 15.7. The van der Waals surface area contributed by atoms with Crippen LogP contribution in [0.15, 0.2) is 30.6 Å². The van der Waals surface area contributed by atoms with Gasteiger partial charge in [0.1, 0.15) is 22.7 Å². The number of benzene rings is 1. The zero-order valence-corrected chi connectivity index (χ0v) is 22.4. The Bertz CT molecular complexity index is 1300. The van der Waals surface area contributed by atoms with Crippen molar-refractivity contribution < 1.29 is 23.8 Å². The van der Waals surface area contributed by atoms with Crippen molar-refractivity contribution in [3.63, 3.8) is 0 Å². The molecule has 12 nitrogen and oxygen atoms in total. The monoisotopic (exact) mass is 525 g/mol. The maximum absolute atomic E-state index is 12.6. The van der Waals surface area contributed by atoms with E-state index < -0.39 is 11.5 Å². The summed E-state index contributed by atoms with van der Waals surface area (Å²) in [6, 6.07) is 5.25. The number of nitrogens with zero attached hydrogens (tertiary/aromatic N) is 4. The number of amides is 2. The fraction of sp³-hybridized carbons (Fsp3) is 0.462. The Morgan fingerprint density at radius 1 is 1.16 bits per heavy atom. The van der Waals surface area contributed by atoms with Crippen LogP contribution in [0.5, 0.6) is 11.5 Å². The molecule has 2 amide bonds. The van der Waals surface area contributed by atoms with Gasteiger partial charge >= 0.3 is 6.09 Å². The highest BCUT2D eigenvalue weighted by atomic mass is 16.6. The van der Waals surface area contributed by atoms with Crippen molar-refractivity contribution in [2.45, 2.75) is 39.2 Å². The largest absolute Gasteiger partial charge is 0.497 e. The van der Waals surface area contributed by atoms with Crippen molar-refractivity contribution in [1.82, 2.24) is 19.3 Å². The van der Waals surface area contributed by atoms with Gasteiger partial charge in [-0.15, -0.1) is 0 Å². The van der Waals surface area contributed by atoms with Gasteiger partial charge in [0.05, 0.1) is 14.2 Å². The average Bonchev–Trinajstić information content (AvgIpc) is 3.35. The molecule has 3 aromatic rings. The van der Waals surface area contributed by atoms with E-state index in [2.05, 4.69) is 15.6 Å². The number of hydrogen-bond donors (Lipinski definition) is 3. The predicted octanol–water partition coefficient (Wildman–Crippen LogP) is 3.65. The zero-order valence-electron chi connectivity index (χ0n) is 22.4. The van der Waals surface area contributed by atoms with Crippen LogP contribution in [0.3, 0.4) is 0 Å². The lowest BCUT2D eigenvalue weighted by molar-refractivity contribution is 0.0172. The van der Waals surface area contributed by atoms with Gasteiger partial charge < -0.3 is 35.5 Å². The highest BCUT2D eigenvalue weighted by Gasteiger charge is 2.28. The summed E-state index contributed by atoms with van der Waals surface area (Å²) in [7, 11) is 3.11. The zero-order chi connectivity index (χ0) is 27.4. The molecule has 1 saturated heterocycles. The smallest absolute Gasteiger partial charge is 0.410 e. The van der Waals surface area contributed by atoms with E-state index in [0.717, 1.165) is 12.8 Å². The Morgan fingerprint density at radius 3 is 2.50 bits per heavy atom. The minimum absolute atomic E-state index is 0.149. The van der Waals surface area contributed by atoms with Crippen molar-refractivity contribution in [1.29, 1.82) is 0 Å². The van der Waals surface area contributed by atoms with Gasteiger partial charge in [-0.05, 0) is 39.5 Å². The van der Waals surface area contributed by atoms with Crippen LogP contribution in [0.1, 0.15) is 44.0 Å². The van der Waals surface area contributed by atoms with Gasteiger partial charge in [0.25, 0.3) is 5.91 Å². The van der Waals surface area contributed by atoms with Crippen molar-refractivity contribution in [2.24, 2.45) is 11.7 Å².